The van der Waals surface area contributed by atoms with Crippen molar-refractivity contribution in [2.75, 3.05) is 27.8 Å². The number of ether oxygens (including phenoxy) is 2. The van der Waals surface area contributed by atoms with Crippen molar-refractivity contribution in [2.24, 2.45) is 5.10 Å². The molecule has 0 bridgehead atoms. The van der Waals surface area contributed by atoms with E-state index in [1.54, 1.807) is 30.3 Å². The third-order valence-electron chi connectivity index (χ3n) is 3.70. The zero-order valence-corrected chi connectivity index (χ0v) is 17.1. The normalized spacial score (nSPS) is 11.6. The number of halogens is 1. The highest BCUT2D eigenvalue weighted by atomic mass is 35.5. The molecule has 8 nitrogen and oxygen atoms in total. The van der Waals surface area contributed by atoms with Crippen LogP contribution in [-0.4, -0.2) is 52.7 Å². The number of sulfonamides is 1. The van der Waals surface area contributed by atoms with Gasteiger partial charge in [0.1, 0.15) is 16.4 Å². The number of hydrogen-bond acceptors (Lipinski definition) is 6. The molecular weight excluding hydrogens is 406 g/mol. The molecular formula is C18H20ClN3O5S. The Morgan fingerprint density at radius 1 is 1.18 bits per heavy atom. The molecule has 1 amide bonds. The second kappa shape index (κ2) is 9.54. The Balaban J connectivity index is 2.07. The molecule has 2 rings (SSSR count). The van der Waals surface area contributed by atoms with Gasteiger partial charge < -0.3 is 9.47 Å². The predicted molar refractivity (Wildman–Crippen MR) is 107 cm³/mol. The molecule has 0 heterocycles. The molecule has 0 unspecified atom stereocenters. The number of likely N-dealkylation sites (N-methyl/N-ethyl adjacent to an activating group) is 1. The number of hydrazone groups is 1. The number of amides is 1. The van der Waals surface area contributed by atoms with Crippen molar-refractivity contribution in [2.45, 2.75) is 4.90 Å². The fourth-order valence-corrected chi connectivity index (χ4v) is 3.62. The van der Waals surface area contributed by atoms with E-state index in [-0.39, 0.29) is 10.6 Å². The maximum absolute atomic E-state index is 12.8. The van der Waals surface area contributed by atoms with Gasteiger partial charge in [-0.2, -0.15) is 9.41 Å². The summed E-state index contributed by atoms with van der Waals surface area (Å²) in [5, 5.41) is 4.39. The lowest BCUT2D eigenvalue weighted by atomic mass is 10.2. The molecule has 28 heavy (non-hydrogen) atoms. The number of benzene rings is 2. The Hall–Kier alpha value is -2.62. The molecule has 2 aromatic carbocycles. The van der Waals surface area contributed by atoms with Crippen LogP contribution in [0.4, 0.5) is 0 Å². The topological polar surface area (TPSA) is 97.3 Å². The van der Waals surface area contributed by atoms with Crippen molar-refractivity contribution in [3.05, 3.63) is 53.1 Å². The van der Waals surface area contributed by atoms with Gasteiger partial charge in [0.05, 0.1) is 27.0 Å². The zero-order chi connectivity index (χ0) is 20.7. The second-order valence-corrected chi connectivity index (χ2v) is 8.07. The Labute approximate surface area is 168 Å². The lowest BCUT2D eigenvalue weighted by Gasteiger charge is -2.18. The molecule has 0 atom stereocenters. The number of hydrogen-bond donors (Lipinski definition) is 1. The maximum atomic E-state index is 12.8. The molecule has 1 N–H and O–H groups in total. The summed E-state index contributed by atoms with van der Waals surface area (Å²) in [5.74, 6) is -0.100. The van der Waals surface area contributed by atoms with Crippen molar-refractivity contribution in [1.29, 1.82) is 0 Å². The fourth-order valence-electron chi connectivity index (χ4n) is 2.20. The van der Waals surface area contributed by atoms with Gasteiger partial charge in [-0.15, -0.1) is 0 Å². The number of methoxy groups -OCH3 is 2. The largest absolute Gasteiger partial charge is 0.497 e. The fraction of sp³-hybridized carbons (Fsp3) is 0.222. The summed E-state index contributed by atoms with van der Waals surface area (Å²) in [6, 6.07) is 11.2. The SMILES string of the molecule is COc1ccc(OC)c(S(=O)(=O)N(C)CC(=O)N/N=C\c2ccc(Cl)cc2)c1. The summed E-state index contributed by atoms with van der Waals surface area (Å²) in [6.45, 7) is -0.430. The molecule has 2 aromatic rings. The Morgan fingerprint density at radius 3 is 2.46 bits per heavy atom. The van der Waals surface area contributed by atoms with Crippen LogP contribution in [0.1, 0.15) is 5.56 Å². The summed E-state index contributed by atoms with van der Waals surface area (Å²) in [6.07, 6.45) is 1.42. The van der Waals surface area contributed by atoms with E-state index < -0.39 is 22.5 Å². The highest BCUT2D eigenvalue weighted by Gasteiger charge is 2.27. The summed E-state index contributed by atoms with van der Waals surface area (Å²) in [4.78, 5) is 11.9. The molecule has 0 aliphatic rings. The summed E-state index contributed by atoms with van der Waals surface area (Å²) in [7, 11) is 0.0828. The van der Waals surface area contributed by atoms with Crippen LogP contribution >= 0.6 is 11.6 Å². The molecule has 150 valence electrons. The number of carbonyl (C=O) groups excluding carboxylic acids is 1. The van der Waals surface area contributed by atoms with E-state index in [4.69, 9.17) is 21.1 Å². The third-order valence-corrected chi connectivity index (χ3v) is 5.77. The highest BCUT2D eigenvalue weighted by Crippen LogP contribution is 2.30. The molecule has 0 saturated carbocycles. The minimum absolute atomic E-state index is 0.102. The van der Waals surface area contributed by atoms with Gasteiger partial charge in [-0.05, 0) is 29.8 Å². The van der Waals surface area contributed by atoms with Gasteiger partial charge in [-0.25, -0.2) is 13.8 Å². The van der Waals surface area contributed by atoms with Gasteiger partial charge >= 0.3 is 0 Å². The maximum Gasteiger partial charge on any atom is 0.255 e. The quantitative estimate of drug-likeness (QED) is 0.516. The van der Waals surface area contributed by atoms with Crippen molar-refractivity contribution >= 4 is 33.7 Å². The van der Waals surface area contributed by atoms with Gasteiger partial charge in [0.25, 0.3) is 5.91 Å². The van der Waals surface area contributed by atoms with Gasteiger partial charge in [0.2, 0.25) is 10.0 Å². The summed E-state index contributed by atoms with van der Waals surface area (Å²) >= 11 is 5.79. The van der Waals surface area contributed by atoms with Crippen LogP contribution in [0.15, 0.2) is 52.5 Å². The molecule has 0 fully saturated rings. The minimum atomic E-state index is -3.99. The van der Waals surface area contributed by atoms with E-state index in [0.29, 0.717) is 10.8 Å². The van der Waals surface area contributed by atoms with E-state index in [9.17, 15) is 13.2 Å². The van der Waals surface area contributed by atoms with Gasteiger partial charge in [-0.3, -0.25) is 4.79 Å². The van der Waals surface area contributed by atoms with Crippen LogP contribution in [0.5, 0.6) is 11.5 Å². The van der Waals surface area contributed by atoms with E-state index in [0.717, 1.165) is 9.87 Å². The van der Waals surface area contributed by atoms with Gasteiger partial charge in [-0.1, -0.05) is 23.7 Å². The smallest absolute Gasteiger partial charge is 0.255 e. The van der Waals surface area contributed by atoms with Crippen molar-refractivity contribution in [3.8, 4) is 11.5 Å². The van der Waals surface area contributed by atoms with Gasteiger partial charge in [0.15, 0.2) is 0 Å². The second-order valence-electron chi connectivity index (χ2n) is 5.62. The lowest BCUT2D eigenvalue weighted by Crippen LogP contribution is -2.36. The van der Waals surface area contributed by atoms with Crippen LogP contribution in [0, 0.1) is 0 Å². The number of nitrogens with zero attached hydrogens (tertiary/aromatic N) is 2. The molecule has 0 spiro atoms. The first-order chi connectivity index (χ1) is 13.3. The van der Waals surface area contributed by atoms with Crippen molar-refractivity contribution in [1.82, 2.24) is 9.73 Å². The van der Waals surface area contributed by atoms with Crippen LogP contribution in [0.3, 0.4) is 0 Å². The Morgan fingerprint density at radius 2 is 1.86 bits per heavy atom. The van der Waals surface area contributed by atoms with Crippen LogP contribution in [-0.2, 0) is 14.8 Å². The first-order valence-electron chi connectivity index (χ1n) is 8.03. The molecule has 0 radical (unpaired) electrons. The van der Waals surface area contributed by atoms with E-state index in [2.05, 4.69) is 10.5 Å². The Kier molecular flexibility index (Phi) is 7.38. The standard InChI is InChI=1S/C18H20ClN3O5S/c1-22(12-18(23)21-20-11-13-4-6-14(19)7-5-13)28(24,25)17-10-15(26-2)8-9-16(17)27-3/h4-11H,12H2,1-3H3,(H,21,23)/b20-11-. The molecule has 10 heteroatoms. The van der Waals surface area contributed by atoms with E-state index in [1.165, 1.54) is 39.6 Å². The molecule has 0 aliphatic heterocycles. The average molecular weight is 426 g/mol. The number of nitrogens with one attached hydrogen (secondary N) is 1. The van der Waals surface area contributed by atoms with Crippen molar-refractivity contribution in [3.63, 3.8) is 0 Å². The van der Waals surface area contributed by atoms with Crippen LogP contribution in [0.25, 0.3) is 0 Å². The van der Waals surface area contributed by atoms with Gasteiger partial charge in [0, 0.05) is 18.1 Å². The predicted octanol–water partition coefficient (Wildman–Crippen LogP) is 2.13. The number of carbonyl (C=O) groups is 1. The Bertz CT molecular complexity index is 962. The zero-order valence-electron chi connectivity index (χ0n) is 15.5. The average Bonchev–Trinajstić information content (AvgIpc) is 2.68. The van der Waals surface area contributed by atoms with E-state index >= 15 is 0 Å². The van der Waals surface area contributed by atoms with Crippen LogP contribution in [0.2, 0.25) is 5.02 Å². The molecule has 0 aromatic heterocycles. The van der Waals surface area contributed by atoms with E-state index in [1.807, 2.05) is 0 Å². The third kappa shape index (κ3) is 5.44. The highest BCUT2D eigenvalue weighted by molar-refractivity contribution is 7.89. The first kappa shape index (κ1) is 21.7. The first-order valence-corrected chi connectivity index (χ1v) is 9.85. The monoisotopic (exact) mass is 425 g/mol. The van der Waals surface area contributed by atoms with Crippen LogP contribution < -0.4 is 14.9 Å². The number of rotatable bonds is 8. The minimum Gasteiger partial charge on any atom is -0.497 e. The molecule has 0 aliphatic carbocycles. The lowest BCUT2D eigenvalue weighted by molar-refractivity contribution is -0.121. The summed E-state index contributed by atoms with van der Waals surface area (Å²) < 4.78 is 36.7. The molecule has 0 saturated heterocycles. The van der Waals surface area contributed by atoms with Crippen molar-refractivity contribution < 1.29 is 22.7 Å². The summed E-state index contributed by atoms with van der Waals surface area (Å²) in [5.41, 5.74) is 3.02.